The largest absolute Gasteiger partial charge is 0.344 e. The lowest BCUT2D eigenvalue weighted by atomic mass is 10.3. The monoisotopic (exact) mass is 352 g/mol. The van der Waals surface area contributed by atoms with Crippen LogP contribution in [-0.4, -0.2) is 48.9 Å². The van der Waals surface area contributed by atoms with Gasteiger partial charge in [0.2, 0.25) is 11.8 Å². The van der Waals surface area contributed by atoms with Crippen molar-refractivity contribution in [2.24, 2.45) is 0 Å². The molecule has 0 fully saturated rings. The van der Waals surface area contributed by atoms with Gasteiger partial charge in [-0.1, -0.05) is 6.07 Å². The molecule has 2 N–H and O–H groups in total. The van der Waals surface area contributed by atoms with E-state index < -0.39 is 0 Å². The van der Waals surface area contributed by atoms with E-state index in [9.17, 15) is 9.59 Å². The SMILES string of the molecule is CNCCN(C)C(=O)Cc1csc(NC(=O)Cc2cccs2)n1. The summed E-state index contributed by atoms with van der Waals surface area (Å²) in [5.41, 5.74) is 0.683. The van der Waals surface area contributed by atoms with Crippen LogP contribution in [0.3, 0.4) is 0 Å². The van der Waals surface area contributed by atoms with Crippen LogP contribution in [0.4, 0.5) is 5.13 Å². The Hall–Kier alpha value is -1.77. The number of thiophene rings is 1. The number of amides is 2. The van der Waals surface area contributed by atoms with Crippen LogP contribution in [-0.2, 0) is 22.4 Å². The third-order valence-corrected chi connectivity index (χ3v) is 4.85. The van der Waals surface area contributed by atoms with Gasteiger partial charge in [0.1, 0.15) is 0 Å². The summed E-state index contributed by atoms with van der Waals surface area (Å²) in [5, 5.41) is 10.1. The second-order valence-corrected chi connectivity index (χ2v) is 6.93. The molecule has 2 rings (SSSR count). The van der Waals surface area contributed by atoms with Gasteiger partial charge in [-0.2, -0.15) is 0 Å². The molecule has 23 heavy (non-hydrogen) atoms. The summed E-state index contributed by atoms with van der Waals surface area (Å²) in [5.74, 6) is -0.0761. The molecule has 6 nitrogen and oxygen atoms in total. The first-order valence-electron chi connectivity index (χ1n) is 7.23. The van der Waals surface area contributed by atoms with E-state index >= 15 is 0 Å². The molecule has 0 aliphatic rings. The molecule has 124 valence electrons. The number of thiazole rings is 1. The first-order chi connectivity index (χ1) is 11.1. The Kier molecular flexibility index (Phi) is 6.69. The number of anilines is 1. The van der Waals surface area contributed by atoms with E-state index in [-0.39, 0.29) is 18.2 Å². The average Bonchev–Trinajstić information content (AvgIpc) is 3.16. The summed E-state index contributed by atoms with van der Waals surface area (Å²) in [4.78, 5) is 31.0. The summed E-state index contributed by atoms with van der Waals surface area (Å²) in [6.45, 7) is 1.41. The van der Waals surface area contributed by atoms with Gasteiger partial charge in [0.15, 0.2) is 5.13 Å². The zero-order chi connectivity index (χ0) is 16.7. The van der Waals surface area contributed by atoms with Gasteiger partial charge in [0.25, 0.3) is 0 Å². The molecule has 0 aliphatic carbocycles. The lowest BCUT2D eigenvalue weighted by Gasteiger charge is -2.15. The molecule has 2 heterocycles. The van der Waals surface area contributed by atoms with Gasteiger partial charge in [0.05, 0.1) is 18.5 Å². The minimum absolute atomic E-state index is 0.0158. The summed E-state index contributed by atoms with van der Waals surface area (Å²) < 4.78 is 0. The predicted molar refractivity (Wildman–Crippen MR) is 94.0 cm³/mol. The number of nitrogens with zero attached hydrogens (tertiary/aromatic N) is 2. The molecule has 2 aromatic rings. The summed E-state index contributed by atoms with van der Waals surface area (Å²) >= 11 is 2.89. The fraction of sp³-hybridized carbons (Fsp3) is 0.400. The number of hydrogen-bond donors (Lipinski definition) is 2. The zero-order valence-electron chi connectivity index (χ0n) is 13.2. The first-order valence-corrected chi connectivity index (χ1v) is 8.99. The topological polar surface area (TPSA) is 74.3 Å². The number of hydrogen-bond acceptors (Lipinski definition) is 6. The van der Waals surface area contributed by atoms with Crippen LogP contribution in [0.2, 0.25) is 0 Å². The second-order valence-electron chi connectivity index (χ2n) is 5.04. The number of rotatable bonds is 8. The average molecular weight is 352 g/mol. The second kappa shape index (κ2) is 8.76. The van der Waals surface area contributed by atoms with Crippen molar-refractivity contribution in [2.75, 3.05) is 32.5 Å². The molecule has 8 heteroatoms. The van der Waals surface area contributed by atoms with Crippen molar-refractivity contribution in [2.45, 2.75) is 12.8 Å². The molecule has 0 unspecified atom stereocenters. The third kappa shape index (κ3) is 5.74. The van der Waals surface area contributed by atoms with Crippen molar-refractivity contribution >= 4 is 39.6 Å². The normalized spacial score (nSPS) is 10.5. The standard InChI is InChI=1S/C15H20N4O2S2/c1-16-5-6-19(2)14(21)8-11-10-23-15(17-11)18-13(20)9-12-4-3-7-22-12/h3-4,7,10,16H,5-6,8-9H2,1-2H3,(H,17,18,20). The molecule has 2 aromatic heterocycles. The van der Waals surface area contributed by atoms with Crippen LogP contribution < -0.4 is 10.6 Å². The molecule has 0 bridgehead atoms. The van der Waals surface area contributed by atoms with Crippen LogP contribution >= 0.6 is 22.7 Å². The van der Waals surface area contributed by atoms with Crippen molar-refractivity contribution in [1.29, 1.82) is 0 Å². The molecular formula is C15H20N4O2S2. The quantitative estimate of drug-likeness (QED) is 0.757. The van der Waals surface area contributed by atoms with Crippen LogP contribution in [0, 0.1) is 0 Å². The van der Waals surface area contributed by atoms with Gasteiger partial charge >= 0.3 is 0 Å². The van der Waals surface area contributed by atoms with E-state index in [1.807, 2.05) is 29.9 Å². The Morgan fingerprint density at radius 3 is 2.83 bits per heavy atom. The van der Waals surface area contributed by atoms with Crippen molar-refractivity contribution in [3.8, 4) is 0 Å². The summed E-state index contributed by atoms with van der Waals surface area (Å²) in [7, 11) is 3.62. The molecule has 0 saturated carbocycles. The maximum absolute atomic E-state index is 12.0. The molecule has 0 spiro atoms. The van der Waals surface area contributed by atoms with Crippen molar-refractivity contribution in [3.63, 3.8) is 0 Å². The molecule has 0 saturated heterocycles. The highest BCUT2D eigenvalue weighted by Crippen LogP contribution is 2.17. The van der Waals surface area contributed by atoms with Crippen molar-refractivity contribution < 1.29 is 9.59 Å². The first kappa shape index (κ1) is 17.6. The van der Waals surface area contributed by atoms with E-state index in [2.05, 4.69) is 15.6 Å². The Balaban J connectivity index is 1.83. The number of nitrogens with one attached hydrogen (secondary N) is 2. The van der Waals surface area contributed by atoms with E-state index in [0.29, 0.717) is 23.8 Å². The highest BCUT2D eigenvalue weighted by atomic mass is 32.1. The van der Waals surface area contributed by atoms with E-state index in [1.54, 1.807) is 23.3 Å². The molecule has 0 aliphatic heterocycles. The molecule has 0 atom stereocenters. The Labute approximate surface area is 143 Å². The van der Waals surface area contributed by atoms with Crippen LogP contribution in [0.1, 0.15) is 10.6 Å². The fourth-order valence-electron chi connectivity index (χ4n) is 1.87. The maximum Gasteiger partial charge on any atom is 0.231 e. The smallest absolute Gasteiger partial charge is 0.231 e. The lowest BCUT2D eigenvalue weighted by molar-refractivity contribution is -0.129. The number of carbonyl (C=O) groups is 2. The Morgan fingerprint density at radius 2 is 2.13 bits per heavy atom. The molecule has 0 radical (unpaired) electrons. The Morgan fingerprint density at radius 1 is 1.30 bits per heavy atom. The highest BCUT2D eigenvalue weighted by molar-refractivity contribution is 7.14. The van der Waals surface area contributed by atoms with Gasteiger partial charge in [-0.05, 0) is 18.5 Å². The molecule has 2 amide bonds. The van der Waals surface area contributed by atoms with E-state index in [0.717, 1.165) is 11.4 Å². The zero-order valence-corrected chi connectivity index (χ0v) is 14.8. The third-order valence-electron chi connectivity index (χ3n) is 3.17. The van der Waals surface area contributed by atoms with Gasteiger partial charge < -0.3 is 15.5 Å². The van der Waals surface area contributed by atoms with Crippen molar-refractivity contribution in [3.05, 3.63) is 33.5 Å². The molecular weight excluding hydrogens is 332 g/mol. The van der Waals surface area contributed by atoms with E-state index in [4.69, 9.17) is 0 Å². The van der Waals surface area contributed by atoms with E-state index in [1.165, 1.54) is 11.3 Å². The predicted octanol–water partition coefficient (Wildman–Crippen LogP) is 1.61. The van der Waals surface area contributed by atoms with Crippen LogP contribution in [0.15, 0.2) is 22.9 Å². The van der Waals surface area contributed by atoms with Crippen molar-refractivity contribution in [1.82, 2.24) is 15.2 Å². The molecule has 0 aromatic carbocycles. The van der Waals surface area contributed by atoms with Gasteiger partial charge in [-0.3, -0.25) is 9.59 Å². The summed E-state index contributed by atoms with van der Waals surface area (Å²) in [6.07, 6.45) is 0.593. The number of carbonyl (C=O) groups excluding carboxylic acids is 2. The Bertz CT molecular complexity index is 640. The highest BCUT2D eigenvalue weighted by Gasteiger charge is 2.13. The van der Waals surface area contributed by atoms with Gasteiger partial charge in [-0.15, -0.1) is 22.7 Å². The number of aromatic nitrogens is 1. The van der Waals surface area contributed by atoms with Crippen LogP contribution in [0.25, 0.3) is 0 Å². The van der Waals surface area contributed by atoms with Crippen LogP contribution in [0.5, 0.6) is 0 Å². The van der Waals surface area contributed by atoms with Gasteiger partial charge in [-0.25, -0.2) is 4.98 Å². The minimum atomic E-state index is -0.0918. The lowest BCUT2D eigenvalue weighted by Crippen LogP contribution is -2.33. The maximum atomic E-state index is 12.0. The minimum Gasteiger partial charge on any atom is -0.344 e. The fourth-order valence-corrected chi connectivity index (χ4v) is 3.30. The number of likely N-dealkylation sites (N-methyl/N-ethyl adjacent to an activating group) is 2. The summed E-state index contributed by atoms with van der Waals surface area (Å²) in [6, 6.07) is 3.85. The van der Waals surface area contributed by atoms with Gasteiger partial charge in [0, 0.05) is 30.4 Å².